The summed E-state index contributed by atoms with van der Waals surface area (Å²) in [4.78, 5) is 0. The van der Waals surface area contributed by atoms with E-state index < -0.39 is 0 Å². The van der Waals surface area contributed by atoms with Gasteiger partial charge in [0.15, 0.2) is 0 Å². The number of halogens is 1. The Morgan fingerprint density at radius 3 is 2.81 bits per heavy atom. The second-order valence-corrected chi connectivity index (χ2v) is 4.37. The van der Waals surface area contributed by atoms with Crippen LogP contribution in [0.3, 0.4) is 0 Å². The number of aryl methyl sites for hydroxylation is 1. The number of ether oxygens (including phenoxy) is 1. The quantitative estimate of drug-likeness (QED) is 0.829. The van der Waals surface area contributed by atoms with Crippen LogP contribution in [0.5, 0.6) is 5.75 Å². The molecule has 16 heavy (non-hydrogen) atoms. The highest BCUT2D eigenvalue weighted by molar-refractivity contribution is 6.31. The van der Waals surface area contributed by atoms with E-state index in [1.807, 2.05) is 18.2 Å². The molecule has 0 saturated heterocycles. The highest BCUT2D eigenvalue weighted by Gasteiger charge is 2.05. The molecule has 90 valence electrons. The van der Waals surface area contributed by atoms with Crippen LogP contribution in [0.4, 0.5) is 0 Å². The molecule has 0 spiro atoms. The molecule has 1 aromatic rings. The molecule has 1 rings (SSSR count). The smallest absolute Gasteiger partial charge is 0.120 e. The van der Waals surface area contributed by atoms with E-state index in [2.05, 4.69) is 13.8 Å². The maximum Gasteiger partial charge on any atom is 0.120 e. The number of hydrogen-bond acceptors (Lipinski definition) is 2. The number of nitrogens with two attached hydrogens (primary N) is 1. The summed E-state index contributed by atoms with van der Waals surface area (Å²) in [7, 11) is 0. The van der Waals surface area contributed by atoms with Gasteiger partial charge in [0.25, 0.3) is 0 Å². The van der Waals surface area contributed by atoms with E-state index in [0.29, 0.717) is 6.54 Å². The van der Waals surface area contributed by atoms with Gasteiger partial charge < -0.3 is 10.5 Å². The molecule has 0 amide bonds. The Hall–Kier alpha value is -0.730. The summed E-state index contributed by atoms with van der Waals surface area (Å²) in [5, 5.41) is 0.810. The zero-order chi connectivity index (χ0) is 12.0. The Bertz CT molecular complexity index is 328. The van der Waals surface area contributed by atoms with Crippen LogP contribution in [0.2, 0.25) is 5.02 Å². The molecular weight excluding hydrogens is 222 g/mol. The van der Waals surface area contributed by atoms with Crippen LogP contribution in [0.1, 0.15) is 32.3 Å². The molecule has 1 atom stereocenters. The third-order valence-electron chi connectivity index (χ3n) is 2.55. The summed E-state index contributed by atoms with van der Waals surface area (Å²) in [5.74, 6) is 0.894. The predicted molar refractivity (Wildman–Crippen MR) is 69.2 cm³/mol. The normalized spacial score (nSPS) is 12.5. The second kappa shape index (κ2) is 6.77. The van der Waals surface area contributed by atoms with Crippen molar-refractivity contribution >= 4 is 11.6 Å². The lowest BCUT2D eigenvalue weighted by Crippen LogP contribution is -2.14. The Balaban J connectivity index is 2.59. The largest absolute Gasteiger partial charge is 0.491 e. The Kier molecular flexibility index (Phi) is 5.64. The summed E-state index contributed by atoms with van der Waals surface area (Å²) < 4.78 is 5.80. The van der Waals surface area contributed by atoms with Crippen LogP contribution in [0.25, 0.3) is 0 Å². The zero-order valence-corrected chi connectivity index (χ0v) is 10.8. The first-order valence-corrected chi connectivity index (χ1v) is 6.20. The van der Waals surface area contributed by atoms with Gasteiger partial charge in [-0.3, -0.25) is 0 Å². The van der Waals surface area contributed by atoms with Crippen molar-refractivity contribution in [1.82, 2.24) is 0 Å². The van der Waals surface area contributed by atoms with Gasteiger partial charge in [-0.05, 0) is 56.5 Å². The fourth-order valence-corrected chi connectivity index (χ4v) is 1.84. The summed E-state index contributed by atoms with van der Waals surface area (Å²) in [5.41, 5.74) is 6.59. The Labute approximate surface area is 103 Å². The topological polar surface area (TPSA) is 35.2 Å². The van der Waals surface area contributed by atoms with Gasteiger partial charge in [-0.15, -0.1) is 0 Å². The van der Waals surface area contributed by atoms with E-state index in [9.17, 15) is 0 Å². The van der Waals surface area contributed by atoms with Crippen molar-refractivity contribution in [2.75, 3.05) is 6.54 Å². The fraction of sp³-hybridized carbons (Fsp3) is 0.538. The van der Waals surface area contributed by atoms with Crippen LogP contribution in [0, 0.1) is 0 Å². The van der Waals surface area contributed by atoms with Crippen molar-refractivity contribution in [1.29, 1.82) is 0 Å². The van der Waals surface area contributed by atoms with Gasteiger partial charge >= 0.3 is 0 Å². The molecule has 1 aromatic carbocycles. The Morgan fingerprint density at radius 2 is 2.19 bits per heavy atom. The van der Waals surface area contributed by atoms with Crippen molar-refractivity contribution in [2.24, 2.45) is 5.73 Å². The SMILES string of the molecule is CCc1cc(OC(C)CCCN)ccc1Cl. The summed E-state index contributed by atoms with van der Waals surface area (Å²) in [6, 6.07) is 5.83. The molecule has 0 saturated carbocycles. The van der Waals surface area contributed by atoms with E-state index in [0.717, 1.165) is 35.6 Å². The average molecular weight is 242 g/mol. The van der Waals surface area contributed by atoms with E-state index in [-0.39, 0.29) is 6.10 Å². The Morgan fingerprint density at radius 1 is 1.44 bits per heavy atom. The first-order chi connectivity index (χ1) is 7.67. The molecule has 0 aliphatic heterocycles. The first kappa shape index (κ1) is 13.3. The van der Waals surface area contributed by atoms with Gasteiger partial charge in [-0.2, -0.15) is 0 Å². The first-order valence-electron chi connectivity index (χ1n) is 5.82. The highest BCUT2D eigenvalue weighted by atomic mass is 35.5. The molecule has 0 fully saturated rings. The minimum absolute atomic E-state index is 0.203. The molecule has 0 heterocycles. The van der Waals surface area contributed by atoms with Crippen molar-refractivity contribution in [3.63, 3.8) is 0 Å². The maximum atomic E-state index is 6.04. The molecule has 3 heteroatoms. The van der Waals surface area contributed by atoms with E-state index in [1.165, 1.54) is 0 Å². The second-order valence-electron chi connectivity index (χ2n) is 3.97. The summed E-state index contributed by atoms with van der Waals surface area (Å²) in [6.07, 6.45) is 3.11. The van der Waals surface area contributed by atoms with Crippen molar-refractivity contribution < 1.29 is 4.74 Å². The lowest BCUT2D eigenvalue weighted by atomic mass is 10.1. The average Bonchev–Trinajstić information content (AvgIpc) is 2.29. The molecule has 2 N–H and O–H groups in total. The van der Waals surface area contributed by atoms with Crippen LogP contribution in [0.15, 0.2) is 18.2 Å². The lowest BCUT2D eigenvalue weighted by Gasteiger charge is -2.15. The van der Waals surface area contributed by atoms with E-state index >= 15 is 0 Å². The molecule has 1 unspecified atom stereocenters. The highest BCUT2D eigenvalue weighted by Crippen LogP contribution is 2.23. The minimum Gasteiger partial charge on any atom is -0.491 e. The summed E-state index contributed by atoms with van der Waals surface area (Å²) in [6.45, 7) is 4.87. The molecule has 0 aliphatic carbocycles. The zero-order valence-electron chi connectivity index (χ0n) is 10.0. The van der Waals surface area contributed by atoms with Gasteiger partial charge in [0.2, 0.25) is 0 Å². The molecule has 0 aliphatic rings. The van der Waals surface area contributed by atoms with Crippen molar-refractivity contribution in [2.45, 2.75) is 39.2 Å². The molecular formula is C13H20ClNO. The fourth-order valence-electron chi connectivity index (χ4n) is 1.59. The standard InChI is InChI=1S/C13H20ClNO/c1-3-11-9-12(6-7-13(11)14)16-10(2)5-4-8-15/h6-7,9-10H,3-5,8,15H2,1-2H3. The molecule has 2 nitrogen and oxygen atoms in total. The van der Waals surface area contributed by atoms with Gasteiger partial charge in [-0.1, -0.05) is 18.5 Å². The number of rotatable bonds is 6. The van der Waals surface area contributed by atoms with E-state index in [4.69, 9.17) is 22.1 Å². The third-order valence-corrected chi connectivity index (χ3v) is 2.92. The maximum absolute atomic E-state index is 6.04. The van der Waals surface area contributed by atoms with Gasteiger partial charge in [-0.25, -0.2) is 0 Å². The summed E-state index contributed by atoms with van der Waals surface area (Å²) >= 11 is 6.04. The minimum atomic E-state index is 0.203. The van der Waals surface area contributed by atoms with Crippen LogP contribution in [-0.2, 0) is 6.42 Å². The predicted octanol–water partition coefficient (Wildman–Crippen LogP) is 3.41. The van der Waals surface area contributed by atoms with Gasteiger partial charge in [0.05, 0.1) is 6.10 Å². The van der Waals surface area contributed by atoms with Crippen LogP contribution in [-0.4, -0.2) is 12.6 Å². The molecule has 0 aromatic heterocycles. The van der Waals surface area contributed by atoms with Crippen molar-refractivity contribution in [3.8, 4) is 5.75 Å². The van der Waals surface area contributed by atoms with Crippen LogP contribution < -0.4 is 10.5 Å². The van der Waals surface area contributed by atoms with Crippen molar-refractivity contribution in [3.05, 3.63) is 28.8 Å². The van der Waals surface area contributed by atoms with Crippen LogP contribution >= 0.6 is 11.6 Å². The monoisotopic (exact) mass is 241 g/mol. The van der Waals surface area contributed by atoms with Gasteiger partial charge in [0, 0.05) is 5.02 Å². The van der Waals surface area contributed by atoms with Gasteiger partial charge in [0.1, 0.15) is 5.75 Å². The third kappa shape index (κ3) is 4.03. The lowest BCUT2D eigenvalue weighted by molar-refractivity contribution is 0.208. The van der Waals surface area contributed by atoms with E-state index in [1.54, 1.807) is 0 Å². The molecule has 0 bridgehead atoms. The molecule has 0 radical (unpaired) electrons. The number of benzene rings is 1. The number of hydrogen-bond donors (Lipinski definition) is 1.